The summed E-state index contributed by atoms with van der Waals surface area (Å²) in [5, 5.41) is 11.1. The lowest BCUT2D eigenvalue weighted by Gasteiger charge is -2.21. The van der Waals surface area contributed by atoms with Crippen LogP contribution in [0.4, 0.5) is 0 Å². The van der Waals surface area contributed by atoms with Crippen LogP contribution in [0.25, 0.3) is 0 Å². The van der Waals surface area contributed by atoms with Gasteiger partial charge in [0.1, 0.15) is 6.54 Å². The number of hydrogen-bond acceptors (Lipinski definition) is 2. The van der Waals surface area contributed by atoms with Crippen molar-refractivity contribution < 1.29 is 14.4 Å². The highest BCUT2D eigenvalue weighted by Gasteiger charge is 2.02. The van der Waals surface area contributed by atoms with Gasteiger partial charge in [-0.3, -0.25) is 4.79 Å². The third kappa shape index (κ3) is 30.1. The minimum atomic E-state index is 0.185. The monoisotopic (exact) mass is 401 g/mol. The molecule has 0 aromatic rings. The van der Waals surface area contributed by atoms with Gasteiger partial charge >= 0.3 is 0 Å². The molecule has 0 aromatic heterocycles. The summed E-state index contributed by atoms with van der Waals surface area (Å²) in [4.78, 5) is 11.0. The second-order valence-corrected chi connectivity index (χ2v) is 9.11. The van der Waals surface area contributed by atoms with Crippen LogP contribution in [0.15, 0.2) is 0 Å². The van der Waals surface area contributed by atoms with Gasteiger partial charge in [0.25, 0.3) is 0 Å². The standard InChI is InChI=1S/C19H39NO.C5H14NO/c1-3-4-5-6-7-8-9-10-11-12-13-14-15-16-17-18-19(21)20-2;1-6(2,3)4-5-7/h3-18H2,1-2H3,(H,20,21);7H,4-5H2,1-3H3/q;+1. The van der Waals surface area contributed by atoms with Gasteiger partial charge in [-0.05, 0) is 6.42 Å². The van der Waals surface area contributed by atoms with Crippen LogP contribution >= 0.6 is 0 Å². The van der Waals surface area contributed by atoms with Gasteiger partial charge in [-0.2, -0.15) is 0 Å². The van der Waals surface area contributed by atoms with Crippen molar-refractivity contribution in [1.29, 1.82) is 0 Å². The zero-order valence-electron chi connectivity index (χ0n) is 20.0. The summed E-state index contributed by atoms with van der Waals surface area (Å²) < 4.78 is 0.844. The van der Waals surface area contributed by atoms with Crippen molar-refractivity contribution in [3.63, 3.8) is 0 Å². The van der Waals surface area contributed by atoms with Crippen LogP contribution in [0.5, 0.6) is 0 Å². The molecule has 2 N–H and O–H groups in total. The van der Waals surface area contributed by atoms with Gasteiger partial charge in [0, 0.05) is 13.5 Å². The average molecular weight is 402 g/mol. The van der Waals surface area contributed by atoms with Gasteiger partial charge in [-0.15, -0.1) is 0 Å². The van der Waals surface area contributed by atoms with E-state index in [0.717, 1.165) is 17.4 Å². The van der Waals surface area contributed by atoms with E-state index in [2.05, 4.69) is 33.4 Å². The summed E-state index contributed by atoms with van der Waals surface area (Å²) in [6, 6.07) is 0. The molecule has 0 spiro atoms. The number of unbranched alkanes of at least 4 members (excludes halogenated alkanes) is 14. The normalized spacial score (nSPS) is 11.1. The molecule has 0 rings (SSSR count). The first-order valence-electron chi connectivity index (χ1n) is 12.0. The number of quaternary nitrogens is 1. The quantitative estimate of drug-likeness (QED) is 0.229. The number of carbonyl (C=O) groups excluding carboxylic acids is 1. The number of rotatable bonds is 18. The Kier molecular flexibility index (Phi) is 24.0. The van der Waals surface area contributed by atoms with Crippen LogP contribution in [0.3, 0.4) is 0 Å². The van der Waals surface area contributed by atoms with Crippen LogP contribution in [-0.2, 0) is 4.79 Å². The van der Waals surface area contributed by atoms with Crippen LogP contribution in [0.2, 0.25) is 0 Å². The zero-order chi connectivity index (χ0) is 21.5. The first-order valence-corrected chi connectivity index (χ1v) is 12.0. The fourth-order valence-electron chi connectivity index (χ4n) is 3.08. The van der Waals surface area contributed by atoms with Crippen molar-refractivity contribution >= 4 is 5.91 Å². The molecule has 28 heavy (non-hydrogen) atoms. The van der Waals surface area contributed by atoms with Gasteiger partial charge in [-0.1, -0.05) is 96.8 Å². The van der Waals surface area contributed by atoms with Gasteiger partial charge in [0.05, 0.1) is 27.7 Å². The molecule has 0 radical (unpaired) electrons. The number of aliphatic hydroxyl groups is 1. The van der Waals surface area contributed by atoms with E-state index in [1.165, 1.54) is 89.9 Å². The summed E-state index contributed by atoms with van der Waals surface area (Å²) in [6.07, 6.45) is 21.3. The molecule has 170 valence electrons. The number of amides is 1. The summed E-state index contributed by atoms with van der Waals surface area (Å²) in [6.45, 7) is 3.39. The fourth-order valence-corrected chi connectivity index (χ4v) is 3.08. The Morgan fingerprint density at radius 1 is 0.714 bits per heavy atom. The van der Waals surface area contributed by atoms with Crippen molar-refractivity contribution in [2.75, 3.05) is 41.3 Å². The molecule has 4 nitrogen and oxygen atoms in total. The Labute approximate surface area is 177 Å². The van der Waals surface area contributed by atoms with Crippen molar-refractivity contribution in [1.82, 2.24) is 5.32 Å². The van der Waals surface area contributed by atoms with Gasteiger partial charge in [0.2, 0.25) is 5.91 Å². The Balaban J connectivity index is 0. The number of aliphatic hydroxyl groups excluding tert-OH is 1. The van der Waals surface area contributed by atoms with Crippen LogP contribution in [0, 0.1) is 0 Å². The molecule has 0 heterocycles. The molecule has 0 saturated heterocycles. The van der Waals surface area contributed by atoms with E-state index >= 15 is 0 Å². The first kappa shape index (κ1) is 29.6. The topological polar surface area (TPSA) is 49.3 Å². The molecular weight excluding hydrogens is 348 g/mol. The van der Waals surface area contributed by atoms with E-state index in [1.54, 1.807) is 7.05 Å². The third-order valence-electron chi connectivity index (χ3n) is 5.06. The molecule has 0 aliphatic heterocycles. The molecule has 0 unspecified atom stereocenters. The van der Waals surface area contributed by atoms with E-state index in [0.29, 0.717) is 6.42 Å². The smallest absolute Gasteiger partial charge is 0.219 e. The Bertz CT molecular complexity index is 314. The predicted octanol–water partition coefficient (Wildman–Crippen LogP) is 5.68. The molecule has 0 aromatic carbocycles. The van der Waals surface area contributed by atoms with Crippen molar-refractivity contribution in [3.8, 4) is 0 Å². The largest absolute Gasteiger partial charge is 0.391 e. The molecular formula is C24H53N2O2+. The number of carbonyl (C=O) groups is 1. The number of nitrogens with zero attached hydrogens (tertiary/aromatic N) is 1. The molecule has 0 aliphatic rings. The fraction of sp³-hybridized carbons (Fsp3) is 0.958. The number of likely N-dealkylation sites (N-methyl/N-ethyl adjacent to an activating group) is 1. The molecule has 1 amide bonds. The maximum atomic E-state index is 11.0. The highest BCUT2D eigenvalue weighted by Crippen LogP contribution is 2.13. The van der Waals surface area contributed by atoms with Crippen LogP contribution in [-0.4, -0.2) is 56.8 Å². The number of hydrogen-bond donors (Lipinski definition) is 2. The Morgan fingerprint density at radius 2 is 1.07 bits per heavy atom. The maximum absolute atomic E-state index is 11.0. The summed E-state index contributed by atoms with van der Waals surface area (Å²) in [5.41, 5.74) is 0. The lowest BCUT2D eigenvalue weighted by Crippen LogP contribution is -2.36. The van der Waals surface area contributed by atoms with Crippen LogP contribution in [0.1, 0.15) is 110 Å². The van der Waals surface area contributed by atoms with Gasteiger partial charge in [0.15, 0.2) is 0 Å². The van der Waals surface area contributed by atoms with Crippen LogP contribution < -0.4 is 5.32 Å². The van der Waals surface area contributed by atoms with Gasteiger partial charge in [-0.25, -0.2) is 0 Å². The maximum Gasteiger partial charge on any atom is 0.219 e. The van der Waals surface area contributed by atoms with Crippen molar-refractivity contribution in [2.45, 2.75) is 110 Å². The van der Waals surface area contributed by atoms with Crippen molar-refractivity contribution in [3.05, 3.63) is 0 Å². The lowest BCUT2D eigenvalue weighted by molar-refractivity contribution is -0.870. The molecule has 0 atom stereocenters. The predicted molar refractivity (Wildman–Crippen MR) is 124 cm³/mol. The van der Waals surface area contributed by atoms with E-state index in [9.17, 15) is 4.79 Å². The van der Waals surface area contributed by atoms with E-state index in [-0.39, 0.29) is 12.5 Å². The second-order valence-electron chi connectivity index (χ2n) is 9.11. The highest BCUT2D eigenvalue weighted by atomic mass is 16.3. The van der Waals surface area contributed by atoms with Crippen molar-refractivity contribution in [2.24, 2.45) is 0 Å². The highest BCUT2D eigenvalue weighted by molar-refractivity contribution is 5.75. The van der Waals surface area contributed by atoms with E-state index < -0.39 is 0 Å². The molecule has 4 heteroatoms. The Hall–Kier alpha value is -0.610. The summed E-state index contributed by atoms with van der Waals surface area (Å²) in [5.74, 6) is 0.185. The zero-order valence-corrected chi connectivity index (χ0v) is 20.0. The average Bonchev–Trinajstić information content (AvgIpc) is 2.64. The third-order valence-corrected chi connectivity index (χ3v) is 5.06. The molecule has 0 fully saturated rings. The molecule has 0 aliphatic carbocycles. The second kappa shape index (κ2) is 22.7. The molecule has 0 bridgehead atoms. The van der Waals surface area contributed by atoms with Gasteiger partial charge < -0.3 is 14.9 Å². The number of nitrogens with one attached hydrogen (secondary N) is 1. The minimum Gasteiger partial charge on any atom is -0.391 e. The lowest BCUT2D eigenvalue weighted by atomic mass is 10.0. The summed E-state index contributed by atoms with van der Waals surface area (Å²) in [7, 11) is 7.87. The SMILES string of the molecule is CCCCCCCCCCCCCCCCCC(=O)NC.C[N+](C)(C)CCO. The van der Waals surface area contributed by atoms with E-state index in [1.807, 2.05) is 0 Å². The molecule has 0 saturated carbocycles. The Morgan fingerprint density at radius 3 is 1.32 bits per heavy atom. The minimum absolute atomic E-state index is 0.185. The van der Waals surface area contributed by atoms with E-state index in [4.69, 9.17) is 5.11 Å². The first-order chi connectivity index (χ1) is 13.4. The summed E-state index contributed by atoms with van der Waals surface area (Å²) >= 11 is 0.